The first-order valence-corrected chi connectivity index (χ1v) is 7.13. The van der Waals surface area contributed by atoms with Crippen LogP contribution in [0.15, 0.2) is 12.3 Å². The molecule has 0 unspecified atom stereocenters. The molecule has 0 atom stereocenters. The molecule has 0 saturated carbocycles. The van der Waals surface area contributed by atoms with Gasteiger partial charge < -0.3 is 10.2 Å². The van der Waals surface area contributed by atoms with Gasteiger partial charge in [0.2, 0.25) is 0 Å². The van der Waals surface area contributed by atoms with Gasteiger partial charge in [-0.2, -0.15) is 0 Å². The van der Waals surface area contributed by atoms with Gasteiger partial charge in [0.1, 0.15) is 0 Å². The van der Waals surface area contributed by atoms with Crippen molar-refractivity contribution in [3.8, 4) is 0 Å². The molecule has 0 bridgehead atoms. The summed E-state index contributed by atoms with van der Waals surface area (Å²) in [5.41, 5.74) is 1.28. The topological polar surface area (TPSA) is 45.2 Å². The number of aryl methyl sites for hydroxylation is 1. The van der Waals surface area contributed by atoms with Crippen LogP contribution >= 0.6 is 11.6 Å². The molecule has 1 aliphatic heterocycles. The molecule has 5 heteroatoms. The molecule has 1 fully saturated rings. The predicted molar refractivity (Wildman–Crippen MR) is 76.6 cm³/mol. The van der Waals surface area contributed by atoms with E-state index in [2.05, 4.69) is 22.1 Å². The number of hydrogen-bond acceptors (Lipinski definition) is 3. The highest BCUT2D eigenvalue weighted by Crippen LogP contribution is 2.17. The highest BCUT2D eigenvalue weighted by molar-refractivity contribution is 6.33. The molecule has 0 radical (unpaired) electrons. The quantitative estimate of drug-likeness (QED) is 0.924. The largest absolute Gasteiger partial charge is 0.349 e. The average molecular weight is 282 g/mol. The summed E-state index contributed by atoms with van der Waals surface area (Å²) in [4.78, 5) is 18.7. The van der Waals surface area contributed by atoms with Crippen molar-refractivity contribution < 1.29 is 4.79 Å². The second-order valence-corrected chi connectivity index (χ2v) is 5.39. The Morgan fingerprint density at radius 2 is 2.21 bits per heavy atom. The van der Waals surface area contributed by atoms with Crippen LogP contribution in [0.4, 0.5) is 0 Å². The molecule has 104 valence electrons. The van der Waals surface area contributed by atoms with Crippen molar-refractivity contribution in [1.82, 2.24) is 15.2 Å². The molecule has 1 aromatic heterocycles. The highest BCUT2D eigenvalue weighted by atomic mass is 35.5. The highest BCUT2D eigenvalue weighted by Gasteiger charge is 2.21. The Kier molecular flexibility index (Phi) is 4.77. The van der Waals surface area contributed by atoms with Gasteiger partial charge in [-0.25, -0.2) is 0 Å². The molecule has 4 nitrogen and oxygen atoms in total. The van der Waals surface area contributed by atoms with Crippen LogP contribution in [0.3, 0.4) is 0 Å². The number of carbonyl (C=O) groups is 1. The van der Waals surface area contributed by atoms with Crippen LogP contribution in [0, 0.1) is 6.92 Å². The Morgan fingerprint density at radius 1 is 1.53 bits per heavy atom. The van der Waals surface area contributed by atoms with Gasteiger partial charge >= 0.3 is 0 Å². The molecule has 0 aliphatic carbocycles. The normalized spacial score (nSPS) is 17.4. The number of aromatic nitrogens is 1. The number of amides is 1. The third kappa shape index (κ3) is 3.67. The van der Waals surface area contributed by atoms with Crippen molar-refractivity contribution in [2.45, 2.75) is 32.7 Å². The fourth-order valence-electron chi connectivity index (χ4n) is 2.35. The summed E-state index contributed by atoms with van der Waals surface area (Å²) >= 11 is 6.08. The van der Waals surface area contributed by atoms with Crippen molar-refractivity contribution >= 4 is 17.5 Å². The summed E-state index contributed by atoms with van der Waals surface area (Å²) in [6.45, 7) is 7.18. The summed E-state index contributed by atoms with van der Waals surface area (Å²) in [5.74, 6) is -0.118. The lowest BCUT2D eigenvalue weighted by atomic mass is 10.0. The molecule has 1 saturated heterocycles. The summed E-state index contributed by atoms with van der Waals surface area (Å²) in [7, 11) is 0. The van der Waals surface area contributed by atoms with E-state index in [0.29, 0.717) is 10.6 Å². The average Bonchev–Trinajstić information content (AvgIpc) is 2.39. The molecule has 2 heterocycles. The second-order valence-electron chi connectivity index (χ2n) is 4.99. The molecule has 2 rings (SSSR count). The molecule has 0 spiro atoms. The van der Waals surface area contributed by atoms with E-state index >= 15 is 0 Å². The SMILES string of the molecule is CCN1CCC(NC(=O)c2cnc(C)cc2Cl)CC1. The van der Waals surface area contributed by atoms with Gasteiger partial charge in [-0.3, -0.25) is 9.78 Å². The van der Waals surface area contributed by atoms with Crippen LogP contribution in [-0.4, -0.2) is 41.5 Å². The van der Waals surface area contributed by atoms with E-state index in [0.717, 1.165) is 38.2 Å². The Hall–Kier alpha value is -1.13. The molecule has 0 aromatic carbocycles. The van der Waals surface area contributed by atoms with Crippen LogP contribution in [-0.2, 0) is 0 Å². The van der Waals surface area contributed by atoms with Crippen LogP contribution in [0.25, 0.3) is 0 Å². The minimum Gasteiger partial charge on any atom is -0.349 e. The molecular formula is C14H20ClN3O. The Labute approximate surface area is 119 Å². The van der Waals surface area contributed by atoms with Crippen LogP contribution < -0.4 is 5.32 Å². The minimum atomic E-state index is -0.118. The van der Waals surface area contributed by atoms with Gasteiger partial charge in [0.05, 0.1) is 10.6 Å². The van der Waals surface area contributed by atoms with Crippen LogP contribution in [0.5, 0.6) is 0 Å². The van der Waals surface area contributed by atoms with E-state index in [1.54, 1.807) is 12.3 Å². The zero-order valence-electron chi connectivity index (χ0n) is 11.4. The van der Waals surface area contributed by atoms with Crippen molar-refractivity contribution in [3.05, 3.63) is 28.5 Å². The van der Waals surface area contributed by atoms with Crippen LogP contribution in [0.1, 0.15) is 35.8 Å². The molecule has 1 amide bonds. The molecule has 1 aliphatic rings. The lowest BCUT2D eigenvalue weighted by Crippen LogP contribution is -2.44. The molecule has 1 N–H and O–H groups in total. The lowest BCUT2D eigenvalue weighted by Gasteiger charge is -2.31. The maximum absolute atomic E-state index is 12.1. The first-order valence-electron chi connectivity index (χ1n) is 6.75. The van der Waals surface area contributed by atoms with Gasteiger partial charge in [-0.15, -0.1) is 0 Å². The van der Waals surface area contributed by atoms with E-state index in [4.69, 9.17) is 11.6 Å². The maximum atomic E-state index is 12.1. The summed E-state index contributed by atoms with van der Waals surface area (Å²) < 4.78 is 0. The predicted octanol–water partition coefficient (Wildman–Crippen LogP) is 2.26. The number of carbonyl (C=O) groups excluding carboxylic acids is 1. The number of nitrogens with zero attached hydrogens (tertiary/aromatic N) is 2. The number of nitrogens with one attached hydrogen (secondary N) is 1. The number of likely N-dealkylation sites (tertiary alicyclic amines) is 1. The van der Waals surface area contributed by atoms with Crippen molar-refractivity contribution in [2.75, 3.05) is 19.6 Å². The smallest absolute Gasteiger partial charge is 0.254 e. The van der Waals surface area contributed by atoms with Crippen molar-refractivity contribution in [3.63, 3.8) is 0 Å². The first kappa shape index (κ1) is 14.3. The number of rotatable bonds is 3. The van der Waals surface area contributed by atoms with E-state index in [1.165, 1.54) is 0 Å². The van der Waals surface area contributed by atoms with Gasteiger partial charge in [-0.1, -0.05) is 18.5 Å². The zero-order valence-corrected chi connectivity index (χ0v) is 12.2. The molecule has 1 aromatic rings. The van der Waals surface area contributed by atoms with Gasteiger partial charge in [-0.05, 0) is 32.4 Å². The Balaban J connectivity index is 1.94. The summed E-state index contributed by atoms with van der Waals surface area (Å²) in [6.07, 6.45) is 3.54. The van der Waals surface area contributed by atoms with E-state index in [-0.39, 0.29) is 11.9 Å². The van der Waals surface area contributed by atoms with Crippen LogP contribution in [0.2, 0.25) is 5.02 Å². The van der Waals surface area contributed by atoms with Crippen molar-refractivity contribution in [1.29, 1.82) is 0 Å². The third-order valence-corrected chi connectivity index (χ3v) is 3.92. The van der Waals surface area contributed by atoms with E-state index in [9.17, 15) is 4.79 Å². The Bertz CT molecular complexity index is 456. The number of piperidine rings is 1. The first-order chi connectivity index (χ1) is 9.10. The number of hydrogen-bond donors (Lipinski definition) is 1. The number of halogens is 1. The fourth-order valence-corrected chi connectivity index (χ4v) is 2.64. The molecular weight excluding hydrogens is 262 g/mol. The van der Waals surface area contributed by atoms with Gasteiger partial charge in [0, 0.05) is 31.0 Å². The zero-order chi connectivity index (χ0) is 13.8. The minimum absolute atomic E-state index is 0.118. The second kappa shape index (κ2) is 6.35. The fraction of sp³-hybridized carbons (Fsp3) is 0.571. The maximum Gasteiger partial charge on any atom is 0.254 e. The Morgan fingerprint density at radius 3 is 2.79 bits per heavy atom. The number of pyridine rings is 1. The van der Waals surface area contributed by atoms with E-state index in [1.807, 2.05) is 6.92 Å². The third-order valence-electron chi connectivity index (χ3n) is 3.60. The monoisotopic (exact) mass is 281 g/mol. The van der Waals surface area contributed by atoms with E-state index < -0.39 is 0 Å². The summed E-state index contributed by atoms with van der Waals surface area (Å²) in [6, 6.07) is 1.96. The summed E-state index contributed by atoms with van der Waals surface area (Å²) in [5, 5.41) is 3.52. The molecule has 19 heavy (non-hydrogen) atoms. The van der Waals surface area contributed by atoms with Gasteiger partial charge in [0.15, 0.2) is 0 Å². The van der Waals surface area contributed by atoms with Crippen molar-refractivity contribution in [2.24, 2.45) is 0 Å². The van der Waals surface area contributed by atoms with Gasteiger partial charge in [0.25, 0.3) is 5.91 Å². The lowest BCUT2D eigenvalue weighted by molar-refractivity contribution is 0.0912. The standard InChI is InChI=1S/C14H20ClN3O/c1-3-18-6-4-11(5-7-18)17-14(19)12-9-16-10(2)8-13(12)15/h8-9,11H,3-7H2,1-2H3,(H,17,19).